The fraction of sp³-hybridized carbons (Fsp3) is 0.350. The minimum absolute atomic E-state index is 0.0596. The van der Waals surface area contributed by atoms with Crippen molar-refractivity contribution in [2.24, 2.45) is 11.8 Å². The number of fused-ring (bicyclic) bond motifs is 3. The molecular weight excluding hydrogens is 656 g/mol. The lowest BCUT2D eigenvalue weighted by molar-refractivity contribution is -0.273. The van der Waals surface area contributed by atoms with Crippen molar-refractivity contribution in [3.05, 3.63) is 100 Å². The van der Waals surface area contributed by atoms with Crippen LogP contribution in [0.25, 0.3) is 33.1 Å². The van der Waals surface area contributed by atoms with Gasteiger partial charge in [-0.2, -0.15) is 0 Å². The Labute approximate surface area is 294 Å². The van der Waals surface area contributed by atoms with Gasteiger partial charge in [0.25, 0.3) is 0 Å². The summed E-state index contributed by atoms with van der Waals surface area (Å²) in [5.41, 5.74) is 2.72. The standard InChI is InChI=1S/C40H40O11/c1-22-19-33(43)51-38-30(22)15-16-31-35(38)34(27-11-7-6-8-12-27)39(49-31)36(44)28-13-9-14-29(20-28)45-17-10-18-46-40-24(3)23(2)37(48-26(5)42)32(50-40)21-47-25(4)41/h6-9,11-16,19-20,23-24,32,37,40H,10,17-18,21H2,1-5H3. The second-order valence-electron chi connectivity index (χ2n) is 12.8. The van der Waals surface area contributed by atoms with Crippen LogP contribution in [-0.4, -0.2) is 56.0 Å². The summed E-state index contributed by atoms with van der Waals surface area (Å²) >= 11 is 0. The Bertz CT molecular complexity index is 2110. The molecule has 0 N–H and O–H groups in total. The van der Waals surface area contributed by atoms with Crippen LogP contribution in [-0.2, 0) is 28.5 Å². The van der Waals surface area contributed by atoms with Crippen molar-refractivity contribution in [2.75, 3.05) is 19.8 Å². The van der Waals surface area contributed by atoms with Gasteiger partial charge < -0.3 is 32.5 Å². The van der Waals surface area contributed by atoms with Crippen LogP contribution in [0.1, 0.15) is 55.8 Å². The minimum atomic E-state index is -0.666. The normalized spacial score (nSPS) is 20.3. The first-order valence-electron chi connectivity index (χ1n) is 16.9. The molecule has 0 radical (unpaired) electrons. The lowest BCUT2D eigenvalue weighted by atomic mass is 9.84. The van der Waals surface area contributed by atoms with Gasteiger partial charge >= 0.3 is 17.6 Å². The SMILES string of the molecule is CC(=O)OCC1OC(OCCCOc2cccc(C(=O)c3oc4ccc5c(C)cc(=O)oc5c4c3-c3ccccc3)c2)C(C)C(C)C1OC(C)=O. The minimum Gasteiger partial charge on any atom is -0.493 e. The summed E-state index contributed by atoms with van der Waals surface area (Å²) in [5.74, 6) is -0.854. The quantitative estimate of drug-likeness (QED) is 0.0575. The van der Waals surface area contributed by atoms with Gasteiger partial charge in [0.05, 0.1) is 18.6 Å². The number of furan rings is 1. The molecule has 0 bridgehead atoms. The second-order valence-corrected chi connectivity index (χ2v) is 12.8. The van der Waals surface area contributed by atoms with E-state index in [-0.39, 0.29) is 30.0 Å². The molecule has 5 atom stereocenters. The van der Waals surface area contributed by atoms with E-state index < -0.39 is 36.1 Å². The Kier molecular flexibility index (Phi) is 10.7. The molecule has 11 heteroatoms. The predicted molar refractivity (Wildman–Crippen MR) is 188 cm³/mol. The number of ether oxygens (including phenoxy) is 5. The number of hydrogen-bond acceptors (Lipinski definition) is 11. The smallest absolute Gasteiger partial charge is 0.336 e. The first-order chi connectivity index (χ1) is 24.5. The largest absolute Gasteiger partial charge is 0.493 e. The van der Waals surface area contributed by atoms with Crippen molar-refractivity contribution in [1.82, 2.24) is 0 Å². The third kappa shape index (κ3) is 7.74. The summed E-state index contributed by atoms with van der Waals surface area (Å²) < 4.78 is 40.7. The number of esters is 2. The van der Waals surface area contributed by atoms with Gasteiger partial charge in [0.15, 0.2) is 12.1 Å². The summed E-state index contributed by atoms with van der Waals surface area (Å²) in [5, 5.41) is 1.31. The molecule has 51 heavy (non-hydrogen) atoms. The molecule has 3 aromatic carbocycles. The fourth-order valence-electron chi connectivity index (χ4n) is 6.47. The maximum Gasteiger partial charge on any atom is 0.336 e. The zero-order chi connectivity index (χ0) is 36.2. The molecule has 266 valence electrons. The lowest BCUT2D eigenvalue weighted by Gasteiger charge is -2.43. The van der Waals surface area contributed by atoms with Crippen molar-refractivity contribution in [1.29, 1.82) is 0 Å². The van der Waals surface area contributed by atoms with Crippen molar-refractivity contribution < 1.29 is 46.9 Å². The van der Waals surface area contributed by atoms with Crippen LogP contribution in [0, 0.1) is 18.8 Å². The molecule has 3 heterocycles. The Morgan fingerprint density at radius 1 is 0.843 bits per heavy atom. The molecule has 5 aromatic rings. The maximum absolute atomic E-state index is 14.1. The Morgan fingerprint density at radius 2 is 1.63 bits per heavy atom. The number of hydrogen-bond donors (Lipinski definition) is 0. The molecule has 11 nitrogen and oxygen atoms in total. The van der Waals surface area contributed by atoms with Gasteiger partial charge in [-0.1, -0.05) is 56.3 Å². The Balaban J connectivity index is 1.15. The van der Waals surface area contributed by atoms with Gasteiger partial charge in [0, 0.05) is 54.7 Å². The third-order valence-corrected chi connectivity index (χ3v) is 9.18. The zero-order valence-corrected chi connectivity index (χ0v) is 29.1. The van der Waals surface area contributed by atoms with E-state index in [1.807, 2.05) is 57.2 Å². The van der Waals surface area contributed by atoms with Crippen LogP contribution < -0.4 is 10.4 Å². The summed E-state index contributed by atoms with van der Waals surface area (Å²) in [7, 11) is 0. The van der Waals surface area contributed by atoms with E-state index in [0.717, 1.165) is 16.5 Å². The van der Waals surface area contributed by atoms with Crippen LogP contribution in [0.5, 0.6) is 5.75 Å². The maximum atomic E-state index is 14.1. The van der Waals surface area contributed by atoms with E-state index in [0.29, 0.717) is 53.1 Å². The topological polar surface area (TPSA) is 141 Å². The molecule has 0 amide bonds. The average Bonchev–Trinajstić information content (AvgIpc) is 3.51. The average molecular weight is 697 g/mol. The molecule has 1 saturated heterocycles. The van der Waals surface area contributed by atoms with Crippen LogP contribution in [0.15, 0.2) is 86.4 Å². The molecule has 0 aliphatic carbocycles. The number of ketones is 1. The van der Waals surface area contributed by atoms with Gasteiger partial charge in [0.2, 0.25) is 5.78 Å². The molecule has 1 aliphatic rings. The highest BCUT2D eigenvalue weighted by molar-refractivity contribution is 6.20. The first kappa shape index (κ1) is 35.6. The van der Waals surface area contributed by atoms with Crippen LogP contribution in [0.4, 0.5) is 0 Å². The number of benzene rings is 3. The van der Waals surface area contributed by atoms with E-state index in [9.17, 15) is 19.2 Å². The molecule has 2 aromatic heterocycles. The van der Waals surface area contributed by atoms with Gasteiger partial charge in [-0.15, -0.1) is 0 Å². The van der Waals surface area contributed by atoms with E-state index in [4.69, 9.17) is 32.5 Å². The van der Waals surface area contributed by atoms with Crippen molar-refractivity contribution in [2.45, 2.75) is 59.5 Å². The van der Waals surface area contributed by atoms with Crippen LogP contribution >= 0.6 is 0 Å². The molecule has 1 fully saturated rings. The highest BCUT2D eigenvalue weighted by Gasteiger charge is 2.44. The highest BCUT2D eigenvalue weighted by atomic mass is 16.7. The van der Waals surface area contributed by atoms with E-state index in [2.05, 4.69) is 0 Å². The van der Waals surface area contributed by atoms with Crippen LogP contribution in [0.2, 0.25) is 0 Å². The van der Waals surface area contributed by atoms with Gasteiger partial charge in [0.1, 0.15) is 35.7 Å². The molecule has 0 spiro atoms. The molecule has 5 unspecified atom stereocenters. The zero-order valence-electron chi connectivity index (χ0n) is 29.1. The molecule has 6 rings (SSSR count). The molecule has 1 aliphatic heterocycles. The Morgan fingerprint density at radius 3 is 2.37 bits per heavy atom. The van der Waals surface area contributed by atoms with Gasteiger partial charge in [-0.05, 0) is 42.3 Å². The van der Waals surface area contributed by atoms with E-state index in [1.165, 1.54) is 19.9 Å². The number of carbonyl (C=O) groups excluding carboxylic acids is 3. The highest BCUT2D eigenvalue weighted by Crippen LogP contribution is 2.40. The monoisotopic (exact) mass is 696 g/mol. The van der Waals surface area contributed by atoms with Crippen LogP contribution in [0.3, 0.4) is 0 Å². The van der Waals surface area contributed by atoms with Gasteiger partial charge in [-0.3, -0.25) is 14.4 Å². The van der Waals surface area contributed by atoms with E-state index >= 15 is 0 Å². The summed E-state index contributed by atoms with van der Waals surface area (Å²) in [6, 6.07) is 21.3. The Hall–Kier alpha value is -5.26. The summed E-state index contributed by atoms with van der Waals surface area (Å²) in [4.78, 5) is 49.7. The first-order valence-corrected chi connectivity index (χ1v) is 16.9. The third-order valence-electron chi connectivity index (χ3n) is 9.18. The summed E-state index contributed by atoms with van der Waals surface area (Å²) in [6.45, 7) is 8.93. The number of rotatable bonds is 12. The number of carbonyl (C=O) groups is 3. The van der Waals surface area contributed by atoms with Crippen molar-refractivity contribution in [3.63, 3.8) is 0 Å². The number of aryl methyl sites for hydroxylation is 1. The summed E-state index contributed by atoms with van der Waals surface area (Å²) in [6.07, 6.45) is -1.34. The second kappa shape index (κ2) is 15.3. The van der Waals surface area contributed by atoms with E-state index in [1.54, 1.807) is 30.3 Å². The van der Waals surface area contributed by atoms with Crippen molar-refractivity contribution in [3.8, 4) is 16.9 Å². The van der Waals surface area contributed by atoms with Crippen molar-refractivity contribution >= 4 is 39.7 Å². The fourth-order valence-corrected chi connectivity index (χ4v) is 6.47. The molecular formula is C40H40O11. The predicted octanol–water partition coefficient (Wildman–Crippen LogP) is 7.02. The van der Waals surface area contributed by atoms with Gasteiger partial charge in [-0.25, -0.2) is 4.79 Å². The molecule has 0 saturated carbocycles. The lowest BCUT2D eigenvalue weighted by Crippen LogP contribution is -2.53.